The van der Waals surface area contributed by atoms with Crippen LogP contribution in [0.4, 0.5) is 0 Å². The highest BCUT2D eigenvalue weighted by Gasteiger charge is 2.37. The fourth-order valence-electron chi connectivity index (χ4n) is 2.73. The summed E-state index contributed by atoms with van der Waals surface area (Å²) in [5, 5.41) is 4.05. The molecule has 0 heterocycles. The highest BCUT2D eigenvalue weighted by atomic mass is 35.5. The Balaban J connectivity index is 2.27. The number of benzene rings is 2. The zero-order chi connectivity index (χ0) is 20.2. The molecule has 2 rings (SSSR count). The molecule has 154 valence electrons. The number of nitrogens with one attached hydrogen (secondary N) is 1. The van der Waals surface area contributed by atoms with Gasteiger partial charge in [0.15, 0.2) is 0 Å². The van der Waals surface area contributed by atoms with Gasteiger partial charge >= 0.3 is 7.60 Å². The van der Waals surface area contributed by atoms with Crippen molar-refractivity contribution in [1.82, 2.24) is 5.32 Å². The third-order valence-corrected chi connectivity index (χ3v) is 6.83. The lowest BCUT2D eigenvalue weighted by atomic mass is 10.2. The van der Waals surface area contributed by atoms with Gasteiger partial charge in [-0.25, -0.2) is 0 Å². The summed E-state index contributed by atoms with van der Waals surface area (Å²) in [5.41, 5.74) is 1.95. The molecule has 4 nitrogen and oxygen atoms in total. The predicted molar refractivity (Wildman–Crippen MR) is 117 cm³/mol. The molecule has 2 aromatic carbocycles. The van der Waals surface area contributed by atoms with Crippen molar-refractivity contribution in [3.8, 4) is 0 Å². The van der Waals surface area contributed by atoms with Crippen LogP contribution in [0.25, 0.3) is 0 Å². The Morgan fingerprint density at radius 2 is 1.50 bits per heavy atom. The summed E-state index contributed by atoms with van der Waals surface area (Å²) in [6, 6.07) is 17.4. The molecular weight excluding hydrogens is 393 g/mol. The molecule has 0 spiro atoms. The topological polar surface area (TPSA) is 47.6 Å². The van der Waals surface area contributed by atoms with Crippen LogP contribution in [0.5, 0.6) is 0 Å². The van der Waals surface area contributed by atoms with Gasteiger partial charge in [-0.2, -0.15) is 0 Å². The fraction of sp³-hybridized carbons (Fsp3) is 0.455. The van der Waals surface area contributed by atoms with Crippen LogP contribution in [-0.4, -0.2) is 13.2 Å². The Kier molecular flexibility index (Phi) is 10.3. The normalized spacial score (nSPS) is 12.8. The van der Waals surface area contributed by atoms with E-state index in [4.69, 9.17) is 20.6 Å². The molecule has 6 heteroatoms. The average Bonchev–Trinajstić information content (AvgIpc) is 2.71. The van der Waals surface area contributed by atoms with Crippen molar-refractivity contribution in [2.45, 2.75) is 51.9 Å². The van der Waals surface area contributed by atoms with E-state index >= 15 is 0 Å². The van der Waals surface area contributed by atoms with E-state index in [2.05, 4.69) is 19.2 Å². The highest BCUT2D eigenvalue weighted by molar-refractivity contribution is 7.54. The van der Waals surface area contributed by atoms with E-state index in [1.54, 1.807) is 12.1 Å². The number of hydrogen-bond acceptors (Lipinski definition) is 4. The monoisotopic (exact) mass is 423 g/mol. The van der Waals surface area contributed by atoms with Crippen LogP contribution in [-0.2, 0) is 20.2 Å². The smallest absolute Gasteiger partial charge is 0.307 e. The molecule has 2 aromatic rings. The zero-order valence-corrected chi connectivity index (χ0v) is 18.4. The lowest BCUT2D eigenvalue weighted by Crippen LogP contribution is -2.23. The van der Waals surface area contributed by atoms with Crippen LogP contribution in [0.1, 0.15) is 56.4 Å². The van der Waals surface area contributed by atoms with E-state index in [-0.39, 0.29) is 0 Å². The molecule has 1 N–H and O–H groups in total. The first-order valence-corrected chi connectivity index (χ1v) is 12.0. The maximum absolute atomic E-state index is 13.8. The summed E-state index contributed by atoms with van der Waals surface area (Å²) in [6.45, 7) is 5.55. The van der Waals surface area contributed by atoms with Crippen LogP contribution in [0.3, 0.4) is 0 Å². The molecule has 0 saturated heterocycles. The third kappa shape index (κ3) is 7.35. The largest absolute Gasteiger partial charge is 0.351 e. The van der Waals surface area contributed by atoms with Crippen LogP contribution >= 0.6 is 19.2 Å². The van der Waals surface area contributed by atoms with Gasteiger partial charge in [-0.05, 0) is 36.1 Å². The fourth-order valence-corrected chi connectivity index (χ4v) is 4.84. The molecule has 1 atom stereocenters. The molecule has 0 bridgehead atoms. The van der Waals surface area contributed by atoms with Crippen molar-refractivity contribution in [1.29, 1.82) is 0 Å². The molecule has 0 aliphatic heterocycles. The first-order valence-electron chi connectivity index (χ1n) is 10.0. The van der Waals surface area contributed by atoms with Gasteiger partial charge < -0.3 is 9.05 Å². The van der Waals surface area contributed by atoms with Crippen LogP contribution in [0, 0.1) is 0 Å². The van der Waals surface area contributed by atoms with E-state index in [0.717, 1.165) is 36.8 Å². The van der Waals surface area contributed by atoms with Gasteiger partial charge in [0.05, 0.1) is 13.2 Å². The summed E-state index contributed by atoms with van der Waals surface area (Å²) in [5.74, 6) is -0.557. The minimum Gasteiger partial charge on any atom is -0.307 e. The summed E-state index contributed by atoms with van der Waals surface area (Å²) >= 11 is 6.06. The minimum atomic E-state index is -3.42. The lowest BCUT2D eigenvalue weighted by molar-refractivity contribution is 0.188. The van der Waals surface area contributed by atoms with Crippen molar-refractivity contribution in [3.63, 3.8) is 0 Å². The molecule has 0 aliphatic rings. The van der Waals surface area contributed by atoms with E-state index in [9.17, 15) is 4.57 Å². The van der Waals surface area contributed by atoms with Gasteiger partial charge in [-0.3, -0.25) is 9.88 Å². The standard InChI is InChI=1S/C22H31ClNO3P/c1-3-5-16-26-28(25,27-17-6-4-2)22(20-12-14-21(23)15-13-20)24-18-19-10-8-7-9-11-19/h7-15,22,24H,3-6,16-18H2,1-2H3. The second-order valence-corrected chi connectivity index (χ2v) is 9.28. The SMILES string of the molecule is CCCCOP(=O)(OCCCC)C(NCc1ccccc1)c1ccc(Cl)cc1. The van der Waals surface area contributed by atoms with Crippen LogP contribution in [0.15, 0.2) is 54.6 Å². The molecule has 0 aliphatic carbocycles. The van der Waals surface area contributed by atoms with E-state index in [1.165, 1.54) is 0 Å². The molecular formula is C22H31ClNO3P. The van der Waals surface area contributed by atoms with E-state index in [1.807, 2.05) is 42.5 Å². The van der Waals surface area contributed by atoms with Crippen molar-refractivity contribution < 1.29 is 13.6 Å². The Morgan fingerprint density at radius 3 is 2.04 bits per heavy atom. The Morgan fingerprint density at radius 1 is 0.929 bits per heavy atom. The van der Waals surface area contributed by atoms with Gasteiger partial charge in [0.2, 0.25) is 0 Å². The van der Waals surface area contributed by atoms with Gasteiger partial charge in [0.1, 0.15) is 5.78 Å². The Labute approximate surface area is 174 Å². The maximum atomic E-state index is 13.8. The summed E-state index contributed by atoms with van der Waals surface area (Å²) < 4.78 is 25.6. The summed E-state index contributed by atoms with van der Waals surface area (Å²) in [6.07, 6.45) is 3.62. The minimum absolute atomic E-state index is 0.414. The van der Waals surface area contributed by atoms with Crippen molar-refractivity contribution in [2.24, 2.45) is 0 Å². The van der Waals surface area contributed by atoms with Crippen molar-refractivity contribution >= 4 is 19.2 Å². The molecule has 0 fully saturated rings. The zero-order valence-electron chi connectivity index (χ0n) is 16.8. The average molecular weight is 424 g/mol. The lowest BCUT2D eigenvalue weighted by Gasteiger charge is -2.28. The third-order valence-electron chi connectivity index (χ3n) is 4.38. The van der Waals surface area contributed by atoms with Crippen molar-refractivity contribution in [2.75, 3.05) is 13.2 Å². The number of halogens is 1. The first-order chi connectivity index (χ1) is 13.6. The van der Waals surface area contributed by atoms with Gasteiger partial charge in [-0.1, -0.05) is 80.8 Å². The van der Waals surface area contributed by atoms with Gasteiger partial charge in [-0.15, -0.1) is 0 Å². The number of hydrogen-bond donors (Lipinski definition) is 1. The molecule has 28 heavy (non-hydrogen) atoms. The van der Waals surface area contributed by atoms with Crippen LogP contribution in [0.2, 0.25) is 5.02 Å². The summed E-state index contributed by atoms with van der Waals surface area (Å²) in [4.78, 5) is 0. The van der Waals surface area contributed by atoms with Gasteiger partial charge in [0.25, 0.3) is 0 Å². The molecule has 0 radical (unpaired) electrons. The number of rotatable bonds is 13. The van der Waals surface area contributed by atoms with Gasteiger partial charge in [0, 0.05) is 11.6 Å². The van der Waals surface area contributed by atoms with Crippen LogP contribution < -0.4 is 5.32 Å². The molecule has 0 aromatic heterocycles. The maximum Gasteiger partial charge on any atom is 0.351 e. The quantitative estimate of drug-likeness (QED) is 0.279. The van der Waals surface area contributed by atoms with E-state index in [0.29, 0.717) is 24.8 Å². The highest BCUT2D eigenvalue weighted by Crippen LogP contribution is 2.60. The number of unbranched alkanes of at least 4 members (excludes halogenated alkanes) is 2. The molecule has 0 amide bonds. The summed E-state index contributed by atoms with van der Waals surface area (Å²) in [7, 11) is -3.42. The van der Waals surface area contributed by atoms with E-state index < -0.39 is 13.4 Å². The Hall–Kier alpha value is -1.16. The first kappa shape index (κ1) is 23.1. The second kappa shape index (κ2) is 12.4. The Bertz CT molecular complexity index is 710. The predicted octanol–water partition coefficient (Wildman–Crippen LogP) is 6.95. The molecule has 0 saturated carbocycles. The second-order valence-electron chi connectivity index (χ2n) is 6.73. The molecule has 1 unspecified atom stereocenters. The van der Waals surface area contributed by atoms with Crippen molar-refractivity contribution in [3.05, 3.63) is 70.7 Å².